The Labute approximate surface area is 117 Å². The van der Waals surface area contributed by atoms with E-state index in [9.17, 15) is 4.79 Å². The fourth-order valence-electron chi connectivity index (χ4n) is 2.51. The highest BCUT2D eigenvalue weighted by Crippen LogP contribution is 2.21. The minimum atomic E-state index is 0.0157. The normalized spacial score (nSPS) is 16.9. The molecule has 1 saturated heterocycles. The second kappa shape index (κ2) is 4.86. The molecule has 1 unspecified atom stereocenters. The maximum absolute atomic E-state index is 12.2. The molecule has 0 radical (unpaired) electrons. The molecule has 1 amide bonds. The monoisotopic (exact) mass is 273 g/mol. The van der Waals surface area contributed by atoms with Crippen molar-refractivity contribution >= 4 is 22.6 Å². The molecular weight excluding hydrogens is 254 g/mol. The molecule has 2 aromatic heterocycles. The number of carbonyl (C=O) groups is 1. The van der Waals surface area contributed by atoms with Gasteiger partial charge in [-0.1, -0.05) is 6.92 Å². The molecular formula is C14H19N5O. The van der Waals surface area contributed by atoms with Crippen molar-refractivity contribution in [1.29, 1.82) is 0 Å². The van der Waals surface area contributed by atoms with Crippen molar-refractivity contribution in [3.63, 3.8) is 0 Å². The highest BCUT2D eigenvalue weighted by Gasteiger charge is 2.28. The predicted molar refractivity (Wildman–Crippen MR) is 77.4 cm³/mol. The first-order chi connectivity index (χ1) is 9.56. The Morgan fingerprint density at radius 2 is 2.30 bits per heavy atom. The number of amides is 1. The molecule has 20 heavy (non-hydrogen) atoms. The number of hydrogen-bond acceptors (Lipinski definition) is 4. The van der Waals surface area contributed by atoms with E-state index in [4.69, 9.17) is 0 Å². The molecule has 106 valence electrons. The van der Waals surface area contributed by atoms with Gasteiger partial charge >= 0.3 is 0 Å². The Hall–Kier alpha value is -1.95. The van der Waals surface area contributed by atoms with E-state index in [1.807, 2.05) is 27.0 Å². The van der Waals surface area contributed by atoms with Gasteiger partial charge in [0.15, 0.2) is 5.65 Å². The topological polar surface area (TPSA) is 71.8 Å². The summed E-state index contributed by atoms with van der Waals surface area (Å²) in [5.74, 6) is 0.507. The van der Waals surface area contributed by atoms with Crippen molar-refractivity contribution in [3.8, 4) is 0 Å². The molecule has 0 aliphatic carbocycles. The van der Waals surface area contributed by atoms with Gasteiger partial charge in [0, 0.05) is 18.4 Å². The number of hydrogen-bond donors (Lipinski definition) is 2. The predicted octanol–water partition coefficient (Wildman–Crippen LogP) is 1.07. The Morgan fingerprint density at radius 3 is 2.95 bits per heavy atom. The Bertz CT molecular complexity index is 659. The number of nitrogens with one attached hydrogen (secondary N) is 2. The molecule has 2 aromatic rings. The third kappa shape index (κ3) is 2.16. The smallest absolute Gasteiger partial charge is 0.227 e. The van der Waals surface area contributed by atoms with Gasteiger partial charge < -0.3 is 10.6 Å². The molecule has 6 heteroatoms. The number of aryl methyl sites for hydroxylation is 2. The van der Waals surface area contributed by atoms with E-state index >= 15 is 0 Å². The molecule has 0 saturated carbocycles. The van der Waals surface area contributed by atoms with Crippen molar-refractivity contribution in [2.75, 3.05) is 18.4 Å². The summed E-state index contributed by atoms with van der Waals surface area (Å²) in [6, 6.07) is 1.94. The zero-order chi connectivity index (χ0) is 14.3. The number of pyridine rings is 1. The minimum Gasteiger partial charge on any atom is -0.324 e. The van der Waals surface area contributed by atoms with Crippen LogP contribution >= 0.6 is 0 Å². The first kappa shape index (κ1) is 13.1. The number of aromatic nitrogens is 3. The Kier molecular flexibility index (Phi) is 3.17. The van der Waals surface area contributed by atoms with Crippen LogP contribution in [0.3, 0.4) is 0 Å². The van der Waals surface area contributed by atoms with Gasteiger partial charge in [-0.05, 0) is 32.0 Å². The van der Waals surface area contributed by atoms with Crippen molar-refractivity contribution in [2.45, 2.75) is 13.8 Å². The van der Waals surface area contributed by atoms with Gasteiger partial charge in [-0.15, -0.1) is 0 Å². The fourth-order valence-corrected chi connectivity index (χ4v) is 2.51. The highest BCUT2D eigenvalue weighted by molar-refractivity contribution is 5.94. The van der Waals surface area contributed by atoms with Crippen LogP contribution in [0.1, 0.15) is 12.6 Å². The summed E-state index contributed by atoms with van der Waals surface area (Å²) >= 11 is 0. The number of carbonyl (C=O) groups excluding carboxylic acids is 1. The Morgan fingerprint density at radius 1 is 1.55 bits per heavy atom. The summed E-state index contributed by atoms with van der Waals surface area (Å²) in [7, 11) is 1.87. The molecule has 1 aliphatic heterocycles. The molecule has 3 heterocycles. The number of rotatable bonds is 3. The maximum atomic E-state index is 12.2. The lowest BCUT2D eigenvalue weighted by molar-refractivity contribution is -0.121. The quantitative estimate of drug-likeness (QED) is 0.877. The second-order valence-electron chi connectivity index (χ2n) is 5.50. The SMILES string of the molecule is Cc1nn(C)c2ncc(NC(=O)C(C)C3CNC3)cc12. The van der Waals surface area contributed by atoms with Gasteiger partial charge in [0.2, 0.25) is 5.91 Å². The van der Waals surface area contributed by atoms with E-state index in [0.29, 0.717) is 5.92 Å². The van der Waals surface area contributed by atoms with Gasteiger partial charge in [-0.25, -0.2) is 4.98 Å². The molecule has 1 aliphatic rings. The van der Waals surface area contributed by atoms with Gasteiger partial charge in [-0.3, -0.25) is 9.48 Å². The molecule has 0 aromatic carbocycles. The van der Waals surface area contributed by atoms with Crippen LogP contribution in [0.5, 0.6) is 0 Å². The zero-order valence-corrected chi connectivity index (χ0v) is 12.0. The van der Waals surface area contributed by atoms with Crippen LogP contribution in [0.25, 0.3) is 11.0 Å². The van der Waals surface area contributed by atoms with Crippen LogP contribution in [0.15, 0.2) is 12.3 Å². The summed E-state index contributed by atoms with van der Waals surface area (Å²) in [6.07, 6.45) is 1.69. The molecule has 1 fully saturated rings. The van der Waals surface area contributed by atoms with E-state index in [-0.39, 0.29) is 11.8 Å². The molecule has 1 atom stereocenters. The average molecular weight is 273 g/mol. The summed E-state index contributed by atoms with van der Waals surface area (Å²) in [5.41, 5.74) is 2.48. The molecule has 6 nitrogen and oxygen atoms in total. The number of fused-ring (bicyclic) bond motifs is 1. The summed E-state index contributed by atoms with van der Waals surface area (Å²) in [6.45, 7) is 5.77. The van der Waals surface area contributed by atoms with E-state index in [1.54, 1.807) is 10.9 Å². The largest absolute Gasteiger partial charge is 0.324 e. The lowest BCUT2D eigenvalue weighted by Gasteiger charge is -2.31. The van der Waals surface area contributed by atoms with Crippen LogP contribution in [0.2, 0.25) is 0 Å². The van der Waals surface area contributed by atoms with Crippen molar-refractivity contribution < 1.29 is 4.79 Å². The Balaban J connectivity index is 1.80. The standard InChI is InChI=1S/C14H19N5O/c1-8(10-5-15-6-10)14(20)17-11-4-12-9(2)18-19(3)13(12)16-7-11/h4,7-8,10,15H,5-6H2,1-3H3,(H,17,20). The van der Waals surface area contributed by atoms with Crippen LogP contribution in [0, 0.1) is 18.8 Å². The lowest BCUT2D eigenvalue weighted by Crippen LogP contribution is -2.48. The van der Waals surface area contributed by atoms with E-state index in [2.05, 4.69) is 20.7 Å². The minimum absolute atomic E-state index is 0.0157. The van der Waals surface area contributed by atoms with Gasteiger partial charge in [-0.2, -0.15) is 5.10 Å². The third-order valence-electron chi connectivity index (χ3n) is 4.06. The van der Waals surface area contributed by atoms with Crippen molar-refractivity contribution in [3.05, 3.63) is 18.0 Å². The number of anilines is 1. The zero-order valence-electron chi connectivity index (χ0n) is 12.0. The van der Waals surface area contributed by atoms with Crippen molar-refractivity contribution in [1.82, 2.24) is 20.1 Å². The first-order valence-corrected chi connectivity index (χ1v) is 6.87. The van der Waals surface area contributed by atoms with E-state index in [0.717, 1.165) is 35.5 Å². The second-order valence-corrected chi connectivity index (χ2v) is 5.50. The molecule has 3 rings (SSSR count). The van der Waals surface area contributed by atoms with Gasteiger partial charge in [0.05, 0.1) is 17.6 Å². The molecule has 0 spiro atoms. The van der Waals surface area contributed by atoms with Gasteiger partial charge in [0.1, 0.15) is 0 Å². The fraction of sp³-hybridized carbons (Fsp3) is 0.500. The first-order valence-electron chi connectivity index (χ1n) is 6.87. The van der Waals surface area contributed by atoms with E-state index in [1.165, 1.54) is 0 Å². The average Bonchev–Trinajstić information content (AvgIpc) is 2.62. The maximum Gasteiger partial charge on any atom is 0.227 e. The molecule has 2 N–H and O–H groups in total. The lowest BCUT2D eigenvalue weighted by atomic mass is 9.88. The summed E-state index contributed by atoms with van der Waals surface area (Å²) in [5, 5.41) is 11.4. The van der Waals surface area contributed by atoms with E-state index < -0.39 is 0 Å². The van der Waals surface area contributed by atoms with Crippen molar-refractivity contribution in [2.24, 2.45) is 18.9 Å². The third-order valence-corrected chi connectivity index (χ3v) is 4.06. The van der Waals surface area contributed by atoms with Crippen LogP contribution in [-0.4, -0.2) is 33.8 Å². The molecule has 0 bridgehead atoms. The summed E-state index contributed by atoms with van der Waals surface area (Å²) in [4.78, 5) is 16.6. The van der Waals surface area contributed by atoms with Crippen LogP contribution < -0.4 is 10.6 Å². The van der Waals surface area contributed by atoms with Crippen LogP contribution in [0.4, 0.5) is 5.69 Å². The number of nitrogens with zero attached hydrogens (tertiary/aromatic N) is 3. The summed E-state index contributed by atoms with van der Waals surface area (Å²) < 4.78 is 1.75. The van der Waals surface area contributed by atoms with Gasteiger partial charge in [0.25, 0.3) is 0 Å². The highest BCUT2D eigenvalue weighted by atomic mass is 16.1. The van der Waals surface area contributed by atoms with Crippen LogP contribution in [-0.2, 0) is 11.8 Å².